The Balaban J connectivity index is 1.98. The highest BCUT2D eigenvalue weighted by atomic mass is 16.4. The molecule has 0 bridgehead atoms. The minimum absolute atomic E-state index is 0.267. The molecule has 1 N–H and O–H groups in total. The maximum atomic E-state index is 10.0. The third-order valence-electron chi connectivity index (χ3n) is 1.56. The van der Waals surface area contributed by atoms with E-state index in [4.69, 9.17) is 5.11 Å². The highest BCUT2D eigenvalue weighted by Gasteiger charge is 2.16. The van der Waals surface area contributed by atoms with Crippen LogP contribution in [0.15, 0.2) is 12.2 Å². The largest absolute Gasteiger partial charge is 0.481 e. The molecule has 0 aliphatic heterocycles. The summed E-state index contributed by atoms with van der Waals surface area (Å²) < 4.78 is 0. The van der Waals surface area contributed by atoms with Gasteiger partial charge in [-0.25, -0.2) is 0 Å². The highest BCUT2D eigenvalue weighted by Crippen LogP contribution is 2.30. The van der Waals surface area contributed by atoms with Gasteiger partial charge < -0.3 is 5.11 Å². The van der Waals surface area contributed by atoms with E-state index in [2.05, 4.69) is 6.08 Å². The molecular formula is C8H12O2. The van der Waals surface area contributed by atoms with Gasteiger partial charge in [0.1, 0.15) is 0 Å². The molecular weight excluding hydrogens is 128 g/mol. The molecule has 2 nitrogen and oxygen atoms in total. The van der Waals surface area contributed by atoms with Crippen molar-refractivity contribution in [2.24, 2.45) is 5.92 Å². The first kappa shape index (κ1) is 7.32. The first-order valence-corrected chi connectivity index (χ1v) is 3.67. The zero-order valence-electron chi connectivity index (χ0n) is 5.92. The zero-order chi connectivity index (χ0) is 7.40. The Bertz CT molecular complexity index is 145. The molecule has 1 saturated carbocycles. The second kappa shape index (κ2) is 3.40. The molecule has 0 aromatic heterocycles. The molecule has 0 unspecified atom stereocenters. The zero-order valence-corrected chi connectivity index (χ0v) is 5.92. The van der Waals surface area contributed by atoms with Gasteiger partial charge in [0.15, 0.2) is 0 Å². The fourth-order valence-corrected chi connectivity index (χ4v) is 0.784. The number of rotatable bonds is 4. The van der Waals surface area contributed by atoms with Crippen LogP contribution in [0.1, 0.15) is 25.7 Å². The summed E-state index contributed by atoms with van der Waals surface area (Å²) in [6.45, 7) is 0. The van der Waals surface area contributed by atoms with Crippen LogP contribution in [0.5, 0.6) is 0 Å². The van der Waals surface area contributed by atoms with Gasteiger partial charge in [-0.2, -0.15) is 0 Å². The van der Waals surface area contributed by atoms with E-state index in [9.17, 15) is 4.79 Å². The lowest BCUT2D eigenvalue weighted by Crippen LogP contribution is -1.91. The van der Waals surface area contributed by atoms with E-state index in [0.717, 1.165) is 5.92 Å². The van der Waals surface area contributed by atoms with Crippen molar-refractivity contribution in [1.82, 2.24) is 0 Å². The lowest BCUT2D eigenvalue weighted by atomic mass is 10.2. The van der Waals surface area contributed by atoms with Crippen molar-refractivity contribution in [2.75, 3.05) is 0 Å². The molecule has 0 aromatic carbocycles. The Morgan fingerprint density at radius 3 is 2.80 bits per heavy atom. The number of carboxylic acids is 1. The summed E-state index contributed by atoms with van der Waals surface area (Å²) in [6, 6.07) is 0. The molecule has 0 aromatic rings. The third kappa shape index (κ3) is 3.28. The maximum absolute atomic E-state index is 10.0. The minimum Gasteiger partial charge on any atom is -0.481 e. The van der Waals surface area contributed by atoms with Crippen molar-refractivity contribution < 1.29 is 9.90 Å². The van der Waals surface area contributed by atoms with Gasteiger partial charge in [-0.15, -0.1) is 0 Å². The smallest absolute Gasteiger partial charge is 0.303 e. The van der Waals surface area contributed by atoms with Crippen LogP contribution in [-0.4, -0.2) is 11.1 Å². The van der Waals surface area contributed by atoms with Crippen molar-refractivity contribution in [3.63, 3.8) is 0 Å². The van der Waals surface area contributed by atoms with Crippen LogP contribution in [-0.2, 0) is 4.79 Å². The lowest BCUT2D eigenvalue weighted by molar-refractivity contribution is -0.136. The molecule has 10 heavy (non-hydrogen) atoms. The molecule has 1 rings (SSSR count). The van der Waals surface area contributed by atoms with Crippen LogP contribution in [0, 0.1) is 5.92 Å². The molecule has 1 aliphatic carbocycles. The van der Waals surface area contributed by atoms with Crippen LogP contribution >= 0.6 is 0 Å². The Kier molecular flexibility index (Phi) is 2.49. The monoisotopic (exact) mass is 140 g/mol. The summed E-state index contributed by atoms with van der Waals surface area (Å²) >= 11 is 0. The van der Waals surface area contributed by atoms with E-state index in [0.29, 0.717) is 6.42 Å². The van der Waals surface area contributed by atoms with Crippen LogP contribution < -0.4 is 0 Å². The Labute approximate surface area is 60.6 Å². The van der Waals surface area contributed by atoms with E-state index in [1.807, 2.05) is 6.08 Å². The predicted octanol–water partition coefficient (Wildman–Crippen LogP) is 1.82. The summed E-state index contributed by atoms with van der Waals surface area (Å²) in [5.41, 5.74) is 0. The number of hydrogen-bond acceptors (Lipinski definition) is 1. The molecule has 0 spiro atoms. The first-order chi connectivity index (χ1) is 4.79. The number of aliphatic carboxylic acids is 1. The Hall–Kier alpha value is -0.790. The van der Waals surface area contributed by atoms with Gasteiger partial charge in [-0.1, -0.05) is 12.2 Å². The van der Waals surface area contributed by atoms with Crippen LogP contribution in [0.3, 0.4) is 0 Å². The van der Waals surface area contributed by atoms with Gasteiger partial charge in [0, 0.05) is 6.42 Å². The molecule has 0 radical (unpaired) electrons. The number of allylic oxidation sites excluding steroid dienone is 2. The summed E-state index contributed by atoms with van der Waals surface area (Å²) in [7, 11) is 0. The summed E-state index contributed by atoms with van der Waals surface area (Å²) in [5, 5.41) is 8.26. The number of hydrogen-bond donors (Lipinski definition) is 1. The second-order valence-corrected chi connectivity index (χ2v) is 2.70. The number of carbonyl (C=O) groups is 1. The summed E-state index contributed by atoms with van der Waals surface area (Å²) in [4.78, 5) is 10.0. The lowest BCUT2D eigenvalue weighted by Gasteiger charge is -1.85. The van der Waals surface area contributed by atoms with Gasteiger partial charge in [-0.05, 0) is 25.2 Å². The van der Waals surface area contributed by atoms with E-state index >= 15 is 0 Å². The van der Waals surface area contributed by atoms with Gasteiger partial charge in [-0.3, -0.25) is 4.79 Å². The molecule has 1 aliphatic rings. The van der Waals surface area contributed by atoms with Crippen molar-refractivity contribution in [3.8, 4) is 0 Å². The first-order valence-electron chi connectivity index (χ1n) is 3.67. The quantitative estimate of drug-likeness (QED) is 0.605. The minimum atomic E-state index is -0.708. The van der Waals surface area contributed by atoms with Crippen molar-refractivity contribution >= 4 is 5.97 Å². The third-order valence-corrected chi connectivity index (χ3v) is 1.56. The van der Waals surface area contributed by atoms with Crippen molar-refractivity contribution in [2.45, 2.75) is 25.7 Å². The average molecular weight is 140 g/mol. The van der Waals surface area contributed by atoms with Crippen molar-refractivity contribution in [1.29, 1.82) is 0 Å². The van der Waals surface area contributed by atoms with Gasteiger partial charge in [0.25, 0.3) is 0 Å². The van der Waals surface area contributed by atoms with Crippen LogP contribution in [0.25, 0.3) is 0 Å². The Morgan fingerprint density at radius 2 is 2.30 bits per heavy atom. The fraction of sp³-hybridized carbons (Fsp3) is 0.625. The SMILES string of the molecule is O=C(O)CC/C=C\C1CC1. The summed E-state index contributed by atoms with van der Waals surface area (Å²) in [6.07, 6.45) is 7.65. The number of carboxylic acid groups (broad SMARTS) is 1. The molecule has 0 atom stereocenters. The van der Waals surface area contributed by atoms with Crippen LogP contribution in [0.4, 0.5) is 0 Å². The predicted molar refractivity (Wildman–Crippen MR) is 38.7 cm³/mol. The Morgan fingerprint density at radius 1 is 1.60 bits per heavy atom. The molecule has 2 heteroatoms. The van der Waals surface area contributed by atoms with Gasteiger partial charge >= 0.3 is 5.97 Å². The second-order valence-electron chi connectivity index (χ2n) is 2.70. The van der Waals surface area contributed by atoms with Crippen molar-refractivity contribution in [3.05, 3.63) is 12.2 Å². The normalized spacial score (nSPS) is 18.0. The highest BCUT2D eigenvalue weighted by molar-refractivity contribution is 5.66. The van der Waals surface area contributed by atoms with E-state index in [1.54, 1.807) is 0 Å². The summed E-state index contributed by atoms with van der Waals surface area (Å²) in [5.74, 6) is 0.0641. The maximum Gasteiger partial charge on any atom is 0.303 e. The average Bonchev–Trinajstić information content (AvgIpc) is 2.62. The standard InChI is InChI=1S/C8H12O2/c9-8(10)4-2-1-3-7-5-6-7/h1,3,7H,2,4-6H2,(H,9,10)/b3-1-. The fourth-order valence-electron chi connectivity index (χ4n) is 0.784. The van der Waals surface area contributed by atoms with Gasteiger partial charge in [0.05, 0.1) is 0 Å². The molecule has 0 saturated heterocycles. The van der Waals surface area contributed by atoms with E-state index in [1.165, 1.54) is 12.8 Å². The van der Waals surface area contributed by atoms with Crippen LogP contribution in [0.2, 0.25) is 0 Å². The molecule has 56 valence electrons. The molecule has 0 heterocycles. The van der Waals surface area contributed by atoms with Gasteiger partial charge in [0.2, 0.25) is 0 Å². The molecule has 1 fully saturated rings. The molecule has 0 amide bonds. The van der Waals surface area contributed by atoms with E-state index < -0.39 is 5.97 Å². The van der Waals surface area contributed by atoms with E-state index in [-0.39, 0.29) is 6.42 Å². The topological polar surface area (TPSA) is 37.3 Å².